The molecule has 0 aliphatic heterocycles. The van der Waals surface area contributed by atoms with E-state index in [9.17, 15) is 0 Å². The van der Waals surface area contributed by atoms with E-state index >= 15 is 0 Å². The lowest BCUT2D eigenvalue weighted by Gasteiger charge is -2.30. The zero-order chi connectivity index (χ0) is 15.8. The number of nitriles is 1. The van der Waals surface area contributed by atoms with Crippen LogP contribution in [0.15, 0.2) is 22.7 Å². The molecule has 2 aliphatic rings. The number of rotatable bonds is 5. The van der Waals surface area contributed by atoms with Crippen molar-refractivity contribution < 1.29 is 0 Å². The van der Waals surface area contributed by atoms with Gasteiger partial charge in [0, 0.05) is 6.04 Å². The Morgan fingerprint density at radius 1 is 1.43 bits per heavy atom. The second kappa shape index (κ2) is 6.29. The maximum Gasteiger partial charge on any atom is 0.192 e. The first-order valence-electron chi connectivity index (χ1n) is 8.26. The van der Waals surface area contributed by atoms with Crippen LogP contribution in [0.5, 0.6) is 0 Å². The van der Waals surface area contributed by atoms with E-state index in [2.05, 4.69) is 45.3 Å². The number of thioether (sulfide) groups is 1. The highest BCUT2D eigenvalue weighted by atomic mass is 32.2. The van der Waals surface area contributed by atoms with Gasteiger partial charge in [0.05, 0.1) is 16.7 Å². The van der Waals surface area contributed by atoms with Crippen LogP contribution in [-0.4, -0.2) is 20.5 Å². The minimum Gasteiger partial charge on any atom is -0.298 e. The van der Waals surface area contributed by atoms with Gasteiger partial charge in [0.25, 0.3) is 0 Å². The molecule has 0 radical (unpaired) electrons. The lowest BCUT2D eigenvalue weighted by atomic mass is 9.84. The van der Waals surface area contributed by atoms with E-state index in [-0.39, 0.29) is 0 Å². The molecule has 0 amide bonds. The zero-order valence-electron chi connectivity index (χ0n) is 13.2. The monoisotopic (exact) mass is 344 g/mol. The molecule has 2 aromatic rings. The topological polar surface area (TPSA) is 54.5 Å². The van der Waals surface area contributed by atoms with Crippen molar-refractivity contribution in [3.63, 3.8) is 0 Å². The molecule has 4 nitrogen and oxygen atoms in total. The van der Waals surface area contributed by atoms with Gasteiger partial charge in [-0.3, -0.25) is 4.57 Å². The number of fused-ring (bicyclic) bond motifs is 2. The zero-order valence-corrected chi connectivity index (χ0v) is 14.8. The van der Waals surface area contributed by atoms with E-state index in [1.807, 2.05) is 0 Å². The fourth-order valence-corrected chi connectivity index (χ4v) is 5.88. The molecule has 4 atom stereocenters. The van der Waals surface area contributed by atoms with Crippen molar-refractivity contribution in [3.05, 3.63) is 17.5 Å². The molecule has 4 rings (SSSR count). The second-order valence-corrected chi connectivity index (χ2v) is 8.57. The van der Waals surface area contributed by atoms with Crippen molar-refractivity contribution >= 4 is 23.1 Å². The average Bonchev–Trinajstić information content (AvgIpc) is 3.35. The summed E-state index contributed by atoms with van der Waals surface area (Å²) in [7, 11) is 0. The molecular formula is C17H20N4S2. The van der Waals surface area contributed by atoms with Crippen molar-refractivity contribution in [2.24, 2.45) is 17.8 Å². The minimum atomic E-state index is 0.401. The van der Waals surface area contributed by atoms with Crippen LogP contribution in [0.2, 0.25) is 0 Å². The van der Waals surface area contributed by atoms with Crippen molar-refractivity contribution in [3.8, 4) is 16.8 Å². The Bertz CT molecular complexity index is 716. The smallest absolute Gasteiger partial charge is 0.192 e. The Morgan fingerprint density at radius 2 is 2.35 bits per heavy atom. The molecule has 2 aromatic heterocycles. The van der Waals surface area contributed by atoms with Gasteiger partial charge in [0.15, 0.2) is 11.0 Å². The van der Waals surface area contributed by atoms with E-state index in [1.165, 1.54) is 37.4 Å². The first-order valence-corrected chi connectivity index (χ1v) is 10.1. The lowest BCUT2D eigenvalue weighted by molar-refractivity contribution is 0.235. The van der Waals surface area contributed by atoms with Crippen molar-refractivity contribution in [2.45, 2.75) is 43.8 Å². The summed E-state index contributed by atoms with van der Waals surface area (Å²) in [5, 5.41) is 20.7. The third kappa shape index (κ3) is 2.70. The van der Waals surface area contributed by atoms with Crippen molar-refractivity contribution in [1.82, 2.24) is 14.8 Å². The van der Waals surface area contributed by atoms with Gasteiger partial charge < -0.3 is 0 Å². The maximum atomic E-state index is 8.92. The lowest BCUT2D eigenvalue weighted by Crippen LogP contribution is -2.23. The van der Waals surface area contributed by atoms with Crippen molar-refractivity contribution in [2.75, 3.05) is 5.75 Å². The summed E-state index contributed by atoms with van der Waals surface area (Å²) < 4.78 is 2.30. The predicted octanol–water partition coefficient (Wildman–Crippen LogP) is 4.62. The number of hydrogen-bond donors (Lipinski definition) is 0. The highest BCUT2D eigenvalue weighted by Crippen LogP contribution is 2.53. The Balaban J connectivity index is 1.69. The molecule has 2 heterocycles. The van der Waals surface area contributed by atoms with Crippen LogP contribution in [-0.2, 0) is 0 Å². The van der Waals surface area contributed by atoms with Crippen molar-refractivity contribution in [1.29, 1.82) is 5.26 Å². The quantitative estimate of drug-likeness (QED) is 0.743. The molecule has 2 aliphatic carbocycles. The molecule has 0 saturated heterocycles. The SMILES string of the molecule is C[C@H]([C@H]1C[C@H]2CC[C@H]1C2)n1c(SCC#N)nnc1-c1cccs1. The summed E-state index contributed by atoms with van der Waals surface area (Å²) in [6, 6.07) is 6.78. The molecule has 2 fully saturated rings. The maximum absolute atomic E-state index is 8.92. The van der Waals surface area contributed by atoms with Gasteiger partial charge in [-0.05, 0) is 55.4 Å². The van der Waals surface area contributed by atoms with Gasteiger partial charge in [-0.15, -0.1) is 21.5 Å². The Hall–Kier alpha value is -1.32. The largest absolute Gasteiger partial charge is 0.298 e. The number of nitrogens with zero attached hydrogens (tertiary/aromatic N) is 4. The Labute approximate surface area is 144 Å². The molecule has 6 heteroatoms. The molecule has 0 unspecified atom stereocenters. The normalized spacial score (nSPS) is 27.2. The molecule has 0 aromatic carbocycles. The molecule has 120 valence electrons. The van der Waals surface area contributed by atoms with Crippen LogP contribution in [0.25, 0.3) is 10.7 Å². The predicted molar refractivity (Wildman–Crippen MR) is 93.3 cm³/mol. The van der Waals surface area contributed by atoms with Crippen LogP contribution in [0, 0.1) is 29.1 Å². The first kappa shape index (κ1) is 15.2. The summed E-state index contributed by atoms with van der Waals surface area (Å²) in [6.07, 6.45) is 5.56. The third-order valence-electron chi connectivity index (χ3n) is 5.49. The van der Waals surface area contributed by atoms with Gasteiger partial charge >= 0.3 is 0 Å². The van der Waals surface area contributed by atoms with Gasteiger partial charge in [-0.25, -0.2) is 0 Å². The fourth-order valence-electron chi connectivity index (χ4n) is 4.49. The second-order valence-electron chi connectivity index (χ2n) is 6.68. The molecule has 0 spiro atoms. The third-order valence-corrected chi connectivity index (χ3v) is 7.17. The minimum absolute atomic E-state index is 0.401. The average molecular weight is 345 g/mol. The first-order chi connectivity index (χ1) is 11.3. The summed E-state index contributed by atoms with van der Waals surface area (Å²) >= 11 is 3.21. The highest BCUT2D eigenvalue weighted by Gasteiger charge is 2.43. The molecule has 23 heavy (non-hydrogen) atoms. The van der Waals surface area contributed by atoms with E-state index < -0.39 is 0 Å². The Kier molecular flexibility index (Phi) is 4.16. The van der Waals surface area contributed by atoms with Gasteiger partial charge in [-0.1, -0.05) is 24.2 Å². The van der Waals surface area contributed by atoms with E-state index in [0.29, 0.717) is 11.8 Å². The van der Waals surface area contributed by atoms with E-state index in [0.717, 1.165) is 33.6 Å². The van der Waals surface area contributed by atoms with Crippen LogP contribution >= 0.6 is 23.1 Å². The fraction of sp³-hybridized carbons (Fsp3) is 0.588. The van der Waals surface area contributed by atoms with Crippen LogP contribution in [0.1, 0.15) is 38.6 Å². The summed E-state index contributed by atoms with van der Waals surface area (Å²) in [5.74, 6) is 3.92. The molecule has 0 N–H and O–H groups in total. The molecule has 2 saturated carbocycles. The van der Waals surface area contributed by atoms with Gasteiger partial charge in [0.1, 0.15) is 0 Å². The summed E-state index contributed by atoms with van der Waals surface area (Å²) in [6.45, 7) is 2.32. The molecule has 2 bridgehead atoms. The van der Waals surface area contributed by atoms with Crippen LogP contribution < -0.4 is 0 Å². The van der Waals surface area contributed by atoms with Gasteiger partial charge in [-0.2, -0.15) is 5.26 Å². The number of thiophene rings is 1. The van der Waals surface area contributed by atoms with Gasteiger partial charge in [0.2, 0.25) is 0 Å². The standard InChI is InChI=1S/C17H20N4S2/c1-11(14-10-12-4-5-13(14)9-12)21-16(15-3-2-7-22-15)19-20-17(21)23-8-6-18/h2-3,7,11-14H,4-5,8-10H2,1H3/t11-,12+,13+,14-/m1/s1. The molecular weight excluding hydrogens is 324 g/mol. The Morgan fingerprint density at radius 3 is 3.00 bits per heavy atom. The summed E-state index contributed by atoms with van der Waals surface area (Å²) in [4.78, 5) is 1.16. The number of aromatic nitrogens is 3. The van der Waals surface area contributed by atoms with Crippen LogP contribution in [0.3, 0.4) is 0 Å². The highest BCUT2D eigenvalue weighted by molar-refractivity contribution is 7.99. The van der Waals surface area contributed by atoms with E-state index in [1.54, 1.807) is 11.3 Å². The number of hydrogen-bond acceptors (Lipinski definition) is 5. The summed E-state index contributed by atoms with van der Waals surface area (Å²) in [5.41, 5.74) is 0. The van der Waals surface area contributed by atoms with E-state index in [4.69, 9.17) is 5.26 Å². The van der Waals surface area contributed by atoms with Crippen LogP contribution in [0.4, 0.5) is 0 Å².